The monoisotopic (exact) mass is 346 g/mol. The van der Waals surface area contributed by atoms with E-state index in [-0.39, 0.29) is 12.5 Å². The van der Waals surface area contributed by atoms with Crippen molar-refractivity contribution in [2.24, 2.45) is 0 Å². The second-order valence-corrected chi connectivity index (χ2v) is 6.76. The molecule has 0 aliphatic rings. The number of carbonyl (C=O) groups excluding carboxylic acids is 1. The lowest BCUT2D eigenvalue weighted by Crippen LogP contribution is -2.20. The van der Waals surface area contributed by atoms with Gasteiger partial charge in [-0.05, 0) is 55.3 Å². The number of anilines is 1. The van der Waals surface area contributed by atoms with Crippen molar-refractivity contribution in [3.8, 4) is 5.75 Å². The summed E-state index contributed by atoms with van der Waals surface area (Å²) in [5, 5.41) is 3.94. The molecule has 3 rings (SSSR count). The molecule has 0 bridgehead atoms. The lowest BCUT2D eigenvalue weighted by atomic mass is 10.1. The third-order valence-electron chi connectivity index (χ3n) is 3.16. The molecule has 1 heterocycles. The zero-order chi connectivity index (χ0) is 16.4. The normalized spacial score (nSPS) is 10.7. The number of aryl methyl sites for hydroxylation is 2. The number of hydrogen-bond acceptors (Lipinski definition) is 4. The van der Waals surface area contributed by atoms with Crippen LogP contribution >= 0.6 is 22.9 Å². The summed E-state index contributed by atoms with van der Waals surface area (Å²) in [5.41, 5.74) is 3.01. The SMILES string of the molecule is Cc1cc(C)cc(OCC(=O)Nc2nc3ccc(Cl)cc3s2)c1. The van der Waals surface area contributed by atoms with Crippen LogP contribution in [0.5, 0.6) is 5.75 Å². The molecular formula is C17H15ClN2O2S. The van der Waals surface area contributed by atoms with Crippen LogP contribution in [0.1, 0.15) is 11.1 Å². The average molecular weight is 347 g/mol. The summed E-state index contributed by atoms with van der Waals surface area (Å²) in [6.45, 7) is 3.93. The number of amides is 1. The highest BCUT2D eigenvalue weighted by molar-refractivity contribution is 7.22. The Kier molecular flexibility index (Phi) is 4.50. The summed E-state index contributed by atoms with van der Waals surface area (Å²) in [5.74, 6) is 0.447. The molecular weight excluding hydrogens is 332 g/mol. The van der Waals surface area contributed by atoms with E-state index >= 15 is 0 Å². The molecule has 0 radical (unpaired) electrons. The van der Waals surface area contributed by atoms with Gasteiger partial charge in [0, 0.05) is 5.02 Å². The predicted molar refractivity (Wildman–Crippen MR) is 94.7 cm³/mol. The molecule has 0 spiro atoms. The van der Waals surface area contributed by atoms with Crippen molar-refractivity contribution >= 4 is 44.2 Å². The molecule has 118 valence electrons. The van der Waals surface area contributed by atoms with Crippen molar-refractivity contribution in [3.05, 3.63) is 52.5 Å². The van der Waals surface area contributed by atoms with Crippen LogP contribution in [0.15, 0.2) is 36.4 Å². The fourth-order valence-corrected chi connectivity index (χ4v) is 3.43. The summed E-state index contributed by atoms with van der Waals surface area (Å²) in [4.78, 5) is 16.4. The molecule has 23 heavy (non-hydrogen) atoms. The minimum Gasteiger partial charge on any atom is -0.484 e. The molecule has 0 saturated carbocycles. The van der Waals surface area contributed by atoms with Gasteiger partial charge >= 0.3 is 0 Å². The maximum absolute atomic E-state index is 12.0. The second kappa shape index (κ2) is 6.56. The molecule has 0 saturated heterocycles. The van der Waals surface area contributed by atoms with Crippen LogP contribution < -0.4 is 10.1 Å². The van der Waals surface area contributed by atoms with Crippen molar-refractivity contribution in [1.82, 2.24) is 4.98 Å². The zero-order valence-corrected chi connectivity index (χ0v) is 14.3. The summed E-state index contributed by atoms with van der Waals surface area (Å²) in [6, 6.07) is 11.3. The Morgan fingerprint density at radius 1 is 1.22 bits per heavy atom. The van der Waals surface area contributed by atoms with Crippen molar-refractivity contribution < 1.29 is 9.53 Å². The van der Waals surface area contributed by atoms with Gasteiger partial charge in [-0.1, -0.05) is 29.0 Å². The van der Waals surface area contributed by atoms with Crippen molar-refractivity contribution in [1.29, 1.82) is 0 Å². The van der Waals surface area contributed by atoms with Gasteiger partial charge in [-0.25, -0.2) is 4.98 Å². The lowest BCUT2D eigenvalue weighted by molar-refractivity contribution is -0.118. The predicted octanol–water partition coefficient (Wildman–Crippen LogP) is 4.58. The van der Waals surface area contributed by atoms with Gasteiger partial charge in [0.15, 0.2) is 11.7 Å². The van der Waals surface area contributed by atoms with Gasteiger partial charge in [0.2, 0.25) is 0 Å². The van der Waals surface area contributed by atoms with E-state index in [1.807, 2.05) is 38.1 Å². The molecule has 4 nitrogen and oxygen atoms in total. The summed E-state index contributed by atoms with van der Waals surface area (Å²) in [6.07, 6.45) is 0. The van der Waals surface area contributed by atoms with E-state index in [2.05, 4.69) is 16.4 Å². The first-order valence-corrected chi connectivity index (χ1v) is 8.26. The van der Waals surface area contributed by atoms with Crippen LogP contribution in [-0.4, -0.2) is 17.5 Å². The first kappa shape index (κ1) is 15.8. The lowest BCUT2D eigenvalue weighted by Gasteiger charge is -2.07. The quantitative estimate of drug-likeness (QED) is 0.752. The maximum Gasteiger partial charge on any atom is 0.264 e. The van der Waals surface area contributed by atoms with Crippen molar-refractivity contribution in [3.63, 3.8) is 0 Å². The van der Waals surface area contributed by atoms with Gasteiger partial charge < -0.3 is 4.74 Å². The van der Waals surface area contributed by atoms with Crippen LogP contribution in [0, 0.1) is 13.8 Å². The van der Waals surface area contributed by atoms with Crippen molar-refractivity contribution in [2.75, 3.05) is 11.9 Å². The number of benzene rings is 2. The van der Waals surface area contributed by atoms with Gasteiger partial charge in [-0.15, -0.1) is 0 Å². The number of halogens is 1. The average Bonchev–Trinajstić information content (AvgIpc) is 2.85. The number of hydrogen-bond donors (Lipinski definition) is 1. The molecule has 3 aromatic rings. The first-order chi connectivity index (χ1) is 11.0. The zero-order valence-electron chi connectivity index (χ0n) is 12.7. The third-order valence-corrected chi connectivity index (χ3v) is 4.33. The molecule has 0 unspecified atom stereocenters. The van der Waals surface area contributed by atoms with Crippen LogP contribution in [0.2, 0.25) is 5.02 Å². The maximum atomic E-state index is 12.0. The third kappa shape index (κ3) is 4.00. The molecule has 2 aromatic carbocycles. The molecule has 0 atom stereocenters. The molecule has 0 fully saturated rings. The molecule has 1 N–H and O–H groups in total. The Balaban J connectivity index is 1.64. The smallest absolute Gasteiger partial charge is 0.264 e. The summed E-state index contributed by atoms with van der Waals surface area (Å²) in [7, 11) is 0. The number of fused-ring (bicyclic) bond motifs is 1. The van der Waals surface area contributed by atoms with Crippen LogP contribution in [0.4, 0.5) is 5.13 Å². The van der Waals surface area contributed by atoms with Gasteiger partial charge in [0.25, 0.3) is 5.91 Å². The number of nitrogens with zero attached hydrogens (tertiary/aromatic N) is 1. The number of rotatable bonds is 4. The second-order valence-electron chi connectivity index (χ2n) is 5.29. The van der Waals surface area contributed by atoms with E-state index in [0.717, 1.165) is 21.3 Å². The summed E-state index contributed by atoms with van der Waals surface area (Å²) < 4.78 is 6.47. The number of carbonyl (C=O) groups is 1. The Hall–Kier alpha value is -2.11. The van der Waals surface area contributed by atoms with E-state index in [1.165, 1.54) is 11.3 Å². The number of ether oxygens (including phenoxy) is 1. The Labute approximate surface area is 143 Å². The topological polar surface area (TPSA) is 51.2 Å². The Morgan fingerprint density at radius 2 is 1.96 bits per heavy atom. The fourth-order valence-electron chi connectivity index (χ4n) is 2.27. The molecule has 0 aliphatic carbocycles. The first-order valence-electron chi connectivity index (χ1n) is 7.07. The van der Waals surface area contributed by atoms with Gasteiger partial charge in [0.05, 0.1) is 10.2 Å². The minimum absolute atomic E-state index is 0.0560. The van der Waals surface area contributed by atoms with Gasteiger partial charge in [-0.2, -0.15) is 0 Å². The standard InChI is InChI=1S/C17H15ClN2O2S/c1-10-5-11(2)7-13(6-10)22-9-16(21)20-17-19-14-4-3-12(18)8-15(14)23-17/h3-8H,9H2,1-2H3,(H,19,20,21). The largest absolute Gasteiger partial charge is 0.484 e. The van der Waals surface area contributed by atoms with E-state index in [4.69, 9.17) is 16.3 Å². The van der Waals surface area contributed by atoms with E-state index in [1.54, 1.807) is 6.07 Å². The molecule has 6 heteroatoms. The van der Waals surface area contributed by atoms with E-state index in [9.17, 15) is 4.79 Å². The Morgan fingerprint density at radius 3 is 2.70 bits per heavy atom. The highest BCUT2D eigenvalue weighted by atomic mass is 35.5. The highest BCUT2D eigenvalue weighted by Gasteiger charge is 2.09. The van der Waals surface area contributed by atoms with Gasteiger partial charge in [-0.3, -0.25) is 10.1 Å². The molecule has 1 amide bonds. The van der Waals surface area contributed by atoms with Crippen molar-refractivity contribution in [2.45, 2.75) is 13.8 Å². The number of thiazole rings is 1. The van der Waals surface area contributed by atoms with Crippen LogP contribution in [0.25, 0.3) is 10.2 Å². The van der Waals surface area contributed by atoms with E-state index < -0.39 is 0 Å². The highest BCUT2D eigenvalue weighted by Crippen LogP contribution is 2.28. The fraction of sp³-hybridized carbons (Fsp3) is 0.176. The van der Waals surface area contributed by atoms with Gasteiger partial charge in [0.1, 0.15) is 5.75 Å². The van der Waals surface area contributed by atoms with Crippen LogP contribution in [-0.2, 0) is 4.79 Å². The minimum atomic E-state index is -0.241. The molecule has 1 aromatic heterocycles. The number of nitrogens with one attached hydrogen (secondary N) is 1. The van der Waals surface area contributed by atoms with Crippen LogP contribution in [0.3, 0.4) is 0 Å². The Bertz CT molecular complexity index is 856. The number of aromatic nitrogens is 1. The van der Waals surface area contributed by atoms with E-state index in [0.29, 0.717) is 15.9 Å². The summed E-state index contributed by atoms with van der Waals surface area (Å²) >= 11 is 7.33. The molecule has 0 aliphatic heterocycles.